The molecule has 0 saturated carbocycles. The number of nitrogens with one attached hydrogen (secondary N) is 2. The number of benzene rings is 1. The van der Waals surface area contributed by atoms with E-state index in [0.29, 0.717) is 5.69 Å². The van der Waals surface area contributed by atoms with Crippen molar-refractivity contribution >= 4 is 39.1 Å². The number of hydrogen-bond acceptors (Lipinski definition) is 4. The number of nitrogens with two attached hydrogens (primary N) is 1. The standard InChI is InChI=1S/C13H12BrN5O2/c14-8-2-1-3-9-11(8)12(13(21)18-9)17-7-4-16-19(5-7)6-10(15)20/h1-5,12,17H,6H2,(H2,15,20)(H,18,21). The van der Waals surface area contributed by atoms with Crippen LogP contribution in [-0.2, 0) is 16.1 Å². The summed E-state index contributed by atoms with van der Waals surface area (Å²) >= 11 is 3.45. The molecular weight excluding hydrogens is 338 g/mol. The normalized spacial score (nSPS) is 16.4. The maximum absolute atomic E-state index is 12.1. The molecule has 1 aliphatic rings. The van der Waals surface area contributed by atoms with Crippen molar-refractivity contribution in [3.8, 4) is 0 Å². The molecule has 2 aromatic rings. The average molecular weight is 350 g/mol. The number of amides is 2. The maximum Gasteiger partial charge on any atom is 0.251 e. The fourth-order valence-corrected chi connectivity index (χ4v) is 2.86. The van der Waals surface area contributed by atoms with Gasteiger partial charge in [0.25, 0.3) is 5.91 Å². The summed E-state index contributed by atoms with van der Waals surface area (Å²) in [6, 6.07) is 5.07. The van der Waals surface area contributed by atoms with E-state index in [-0.39, 0.29) is 12.5 Å². The van der Waals surface area contributed by atoms with Gasteiger partial charge in [-0.05, 0) is 12.1 Å². The second-order valence-electron chi connectivity index (χ2n) is 4.66. The van der Waals surface area contributed by atoms with Crippen LogP contribution in [0, 0.1) is 0 Å². The number of hydrogen-bond donors (Lipinski definition) is 3. The lowest BCUT2D eigenvalue weighted by molar-refractivity contribution is -0.119. The Morgan fingerprint density at radius 3 is 3.10 bits per heavy atom. The molecule has 7 nitrogen and oxygen atoms in total. The first-order chi connectivity index (χ1) is 10.0. The molecule has 108 valence electrons. The molecule has 1 unspecified atom stereocenters. The van der Waals surface area contributed by atoms with Crippen molar-refractivity contribution in [3.05, 3.63) is 40.6 Å². The second-order valence-corrected chi connectivity index (χ2v) is 5.51. The molecule has 21 heavy (non-hydrogen) atoms. The van der Waals surface area contributed by atoms with Crippen LogP contribution in [-0.4, -0.2) is 21.6 Å². The molecule has 0 spiro atoms. The Morgan fingerprint density at radius 1 is 1.52 bits per heavy atom. The minimum Gasteiger partial charge on any atom is -0.368 e. The van der Waals surface area contributed by atoms with E-state index in [2.05, 4.69) is 31.7 Å². The molecule has 1 aromatic carbocycles. The first-order valence-electron chi connectivity index (χ1n) is 6.21. The van der Waals surface area contributed by atoms with Crippen molar-refractivity contribution in [1.82, 2.24) is 9.78 Å². The molecule has 1 aliphatic heterocycles. The van der Waals surface area contributed by atoms with Crippen molar-refractivity contribution in [2.45, 2.75) is 12.6 Å². The Balaban J connectivity index is 1.84. The lowest BCUT2D eigenvalue weighted by atomic mass is 10.1. The highest BCUT2D eigenvalue weighted by atomic mass is 79.9. The fourth-order valence-electron chi connectivity index (χ4n) is 2.26. The van der Waals surface area contributed by atoms with Crippen LogP contribution in [0.3, 0.4) is 0 Å². The molecular formula is C13H12BrN5O2. The number of nitrogens with zero attached hydrogens (tertiary/aromatic N) is 2. The first kappa shape index (κ1) is 13.6. The van der Waals surface area contributed by atoms with Crippen molar-refractivity contribution in [2.24, 2.45) is 5.73 Å². The van der Waals surface area contributed by atoms with E-state index in [4.69, 9.17) is 5.73 Å². The van der Waals surface area contributed by atoms with Gasteiger partial charge in [-0.1, -0.05) is 22.0 Å². The minimum atomic E-state index is -0.512. The van der Waals surface area contributed by atoms with Gasteiger partial charge in [0.05, 0.1) is 11.9 Å². The molecule has 4 N–H and O–H groups in total. The summed E-state index contributed by atoms with van der Waals surface area (Å²) in [5, 5.41) is 9.93. The van der Waals surface area contributed by atoms with Crippen LogP contribution in [0.1, 0.15) is 11.6 Å². The number of carbonyl (C=O) groups excluding carboxylic acids is 2. The van der Waals surface area contributed by atoms with Gasteiger partial charge in [0.15, 0.2) is 0 Å². The molecule has 1 aromatic heterocycles. The van der Waals surface area contributed by atoms with E-state index < -0.39 is 11.9 Å². The second kappa shape index (κ2) is 5.21. The number of carbonyl (C=O) groups is 2. The van der Waals surface area contributed by atoms with Gasteiger partial charge in [-0.15, -0.1) is 0 Å². The van der Waals surface area contributed by atoms with Gasteiger partial charge in [-0.3, -0.25) is 14.3 Å². The zero-order valence-corrected chi connectivity index (χ0v) is 12.4. The largest absolute Gasteiger partial charge is 0.368 e. The van der Waals surface area contributed by atoms with E-state index in [1.165, 1.54) is 4.68 Å². The molecule has 0 fully saturated rings. The van der Waals surface area contributed by atoms with Gasteiger partial charge >= 0.3 is 0 Å². The summed E-state index contributed by atoms with van der Waals surface area (Å²) in [7, 11) is 0. The smallest absolute Gasteiger partial charge is 0.251 e. The molecule has 2 heterocycles. The van der Waals surface area contributed by atoms with E-state index in [9.17, 15) is 9.59 Å². The average Bonchev–Trinajstić information content (AvgIpc) is 2.96. The topological polar surface area (TPSA) is 102 Å². The van der Waals surface area contributed by atoms with Crippen LogP contribution in [0.25, 0.3) is 0 Å². The number of anilines is 2. The van der Waals surface area contributed by atoms with Crippen LogP contribution in [0.4, 0.5) is 11.4 Å². The van der Waals surface area contributed by atoms with E-state index in [1.807, 2.05) is 18.2 Å². The van der Waals surface area contributed by atoms with Crippen LogP contribution in [0.15, 0.2) is 35.1 Å². The lowest BCUT2D eigenvalue weighted by Gasteiger charge is -2.12. The predicted molar refractivity (Wildman–Crippen MR) is 80.6 cm³/mol. The summed E-state index contributed by atoms with van der Waals surface area (Å²) in [4.78, 5) is 22.9. The predicted octanol–water partition coefficient (Wildman–Crippen LogP) is 1.24. The van der Waals surface area contributed by atoms with Crippen LogP contribution >= 0.6 is 15.9 Å². The van der Waals surface area contributed by atoms with Gasteiger partial charge in [0.2, 0.25) is 5.91 Å². The number of rotatable bonds is 4. The summed E-state index contributed by atoms with van der Waals surface area (Å²) in [6.07, 6.45) is 3.18. The van der Waals surface area contributed by atoms with E-state index in [1.54, 1.807) is 12.4 Å². The quantitative estimate of drug-likeness (QED) is 0.772. The Morgan fingerprint density at radius 2 is 2.33 bits per heavy atom. The maximum atomic E-state index is 12.1. The number of aromatic nitrogens is 2. The third kappa shape index (κ3) is 2.62. The monoisotopic (exact) mass is 349 g/mol. The Bertz CT molecular complexity index is 727. The molecule has 0 bridgehead atoms. The van der Waals surface area contributed by atoms with E-state index in [0.717, 1.165) is 15.7 Å². The van der Waals surface area contributed by atoms with Crippen LogP contribution in [0.2, 0.25) is 0 Å². The Labute approximate surface area is 128 Å². The summed E-state index contributed by atoms with van der Waals surface area (Å²) < 4.78 is 2.26. The number of primary amides is 1. The highest BCUT2D eigenvalue weighted by molar-refractivity contribution is 9.10. The van der Waals surface area contributed by atoms with Crippen LogP contribution < -0.4 is 16.4 Å². The Kier molecular flexibility index (Phi) is 3.38. The molecule has 1 atom stereocenters. The molecule has 3 rings (SSSR count). The van der Waals surface area contributed by atoms with Crippen molar-refractivity contribution in [3.63, 3.8) is 0 Å². The highest BCUT2D eigenvalue weighted by Gasteiger charge is 2.32. The minimum absolute atomic E-state index is 0.00117. The van der Waals surface area contributed by atoms with Crippen molar-refractivity contribution < 1.29 is 9.59 Å². The Hall–Kier alpha value is -2.35. The zero-order chi connectivity index (χ0) is 15.0. The van der Waals surface area contributed by atoms with Gasteiger partial charge in [-0.2, -0.15) is 5.10 Å². The van der Waals surface area contributed by atoms with Crippen molar-refractivity contribution in [1.29, 1.82) is 0 Å². The summed E-state index contributed by atoms with van der Waals surface area (Å²) in [5.74, 6) is -0.615. The third-order valence-corrected chi connectivity index (χ3v) is 3.82. The third-order valence-electron chi connectivity index (χ3n) is 3.12. The van der Waals surface area contributed by atoms with Gasteiger partial charge in [0, 0.05) is 21.9 Å². The zero-order valence-electron chi connectivity index (χ0n) is 10.8. The number of halogens is 1. The summed E-state index contributed by atoms with van der Waals surface area (Å²) in [5.41, 5.74) is 7.38. The molecule has 0 aliphatic carbocycles. The van der Waals surface area contributed by atoms with Gasteiger partial charge in [-0.25, -0.2) is 0 Å². The van der Waals surface area contributed by atoms with Crippen molar-refractivity contribution in [2.75, 3.05) is 10.6 Å². The summed E-state index contributed by atoms with van der Waals surface area (Å²) in [6.45, 7) is -0.00117. The number of fused-ring (bicyclic) bond motifs is 1. The molecule has 8 heteroatoms. The fraction of sp³-hybridized carbons (Fsp3) is 0.154. The lowest BCUT2D eigenvalue weighted by Crippen LogP contribution is -2.20. The molecule has 0 saturated heterocycles. The molecule has 2 amide bonds. The SMILES string of the molecule is NC(=O)Cn1cc(NC2C(=O)Nc3cccc(Br)c32)cn1. The van der Waals surface area contributed by atoms with Gasteiger partial charge < -0.3 is 16.4 Å². The van der Waals surface area contributed by atoms with Gasteiger partial charge in [0.1, 0.15) is 12.6 Å². The first-order valence-corrected chi connectivity index (χ1v) is 7.00. The highest BCUT2D eigenvalue weighted by Crippen LogP contribution is 2.38. The van der Waals surface area contributed by atoms with E-state index >= 15 is 0 Å². The van der Waals surface area contributed by atoms with Crippen LogP contribution in [0.5, 0.6) is 0 Å². The molecule has 0 radical (unpaired) electrons.